The standard InChI is InChI=1S/C61H37N3/c1-3-18-40-36-42(34-32-38(40)16-1)57-62-58(43-35-33-39-17-2-4-19-41(39)37-43)64-59(63-57)48-24-15-31-55-56(48)61(51-27-11-7-22-46(51)47-23-8-12-28-52(47)61)54-30-14-13-29-53(54)60(55)49-25-9-5-20-44(49)45-21-6-10-26-50(45)60/h1-37H. The van der Waals surface area contributed by atoms with Gasteiger partial charge in [0.15, 0.2) is 17.5 Å². The second-order valence-electron chi connectivity index (χ2n) is 17.4. The van der Waals surface area contributed by atoms with E-state index >= 15 is 0 Å². The van der Waals surface area contributed by atoms with Gasteiger partial charge in [-0.2, -0.15) is 0 Å². The van der Waals surface area contributed by atoms with Crippen LogP contribution in [0.3, 0.4) is 0 Å². The zero-order valence-electron chi connectivity index (χ0n) is 34.7. The predicted molar refractivity (Wildman–Crippen MR) is 259 cm³/mol. The summed E-state index contributed by atoms with van der Waals surface area (Å²) in [6, 6.07) is 82.4. The van der Waals surface area contributed by atoms with Crippen molar-refractivity contribution in [1.29, 1.82) is 0 Å². The maximum Gasteiger partial charge on any atom is 0.164 e. The summed E-state index contributed by atoms with van der Waals surface area (Å²) in [6.07, 6.45) is 0. The lowest BCUT2D eigenvalue weighted by Crippen LogP contribution is -2.44. The van der Waals surface area contributed by atoms with Crippen molar-refractivity contribution in [3.63, 3.8) is 0 Å². The topological polar surface area (TPSA) is 38.7 Å². The molecule has 3 aliphatic rings. The monoisotopic (exact) mass is 811 g/mol. The summed E-state index contributed by atoms with van der Waals surface area (Å²) >= 11 is 0. The van der Waals surface area contributed by atoms with Crippen LogP contribution in [0.5, 0.6) is 0 Å². The molecule has 0 saturated carbocycles. The van der Waals surface area contributed by atoms with E-state index in [4.69, 9.17) is 15.0 Å². The highest BCUT2D eigenvalue weighted by Crippen LogP contribution is 2.68. The third-order valence-electron chi connectivity index (χ3n) is 14.4. The summed E-state index contributed by atoms with van der Waals surface area (Å²) in [5, 5.41) is 4.63. The van der Waals surface area contributed by atoms with Gasteiger partial charge < -0.3 is 0 Å². The number of aromatic nitrogens is 3. The quantitative estimate of drug-likeness (QED) is 0.178. The number of fused-ring (bicyclic) bond motifs is 18. The molecule has 0 unspecified atom stereocenters. The van der Waals surface area contributed by atoms with Crippen molar-refractivity contribution in [2.75, 3.05) is 0 Å². The number of hydrogen-bond donors (Lipinski definition) is 0. The van der Waals surface area contributed by atoms with Crippen molar-refractivity contribution in [3.8, 4) is 56.4 Å². The number of benzene rings is 10. The molecule has 3 nitrogen and oxygen atoms in total. The van der Waals surface area contributed by atoms with Gasteiger partial charge in [0.1, 0.15) is 0 Å². The molecule has 3 aliphatic carbocycles. The first kappa shape index (κ1) is 35.3. The van der Waals surface area contributed by atoms with Crippen LogP contribution in [0.4, 0.5) is 0 Å². The Labute approximate surface area is 371 Å². The Hall–Kier alpha value is -8.27. The van der Waals surface area contributed by atoms with Gasteiger partial charge in [0, 0.05) is 16.7 Å². The zero-order valence-corrected chi connectivity index (χ0v) is 34.7. The SMILES string of the molecule is c1ccc2c(c1)-c1ccccc1C21c2ccccc2C2(c3ccccc3-c3ccccc32)c2c(-c3nc(-c4ccc5ccccc5c4)nc(-c4ccc5ccccc5c4)n3)cccc21. The summed E-state index contributed by atoms with van der Waals surface area (Å²) in [6.45, 7) is 0. The number of nitrogens with zero attached hydrogens (tertiary/aromatic N) is 3. The zero-order chi connectivity index (χ0) is 42.0. The first-order valence-corrected chi connectivity index (χ1v) is 22.1. The molecule has 0 bridgehead atoms. The van der Waals surface area contributed by atoms with E-state index in [0.717, 1.165) is 27.5 Å². The second-order valence-corrected chi connectivity index (χ2v) is 17.4. The molecule has 0 N–H and O–H groups in total. The van der Waals surface area contributed by atoms with Gasteiger partial charge in [-0.05, 0) is 100 Å². The minimum atomic E-state index is -0.702. The molecule has 0 aliphatic heterocycles. The second kappa shape index (κ2) is 13.1. The molecule has 3 heteroatoms. The largest absolute Gasteiger partial charge is 0.208 e. The molecule has 1 heterocycles. The van der Waals surface area contributed by atoms with Crippen LogP contribution in [0.15, 0.2) is 224 Å². The van der Waals surface area contributed by atoms with Crippen LogP contribution < -0.4 is 0 Å². The van der Waals surface area contributed by atoms with E-state index in [0.29, 0.717) is 17.5 Å². The van der Waals surface area contributed by atoms with Gasteiger partial charge in [0.05, 0.1) is 10.8 Å². The van der Waals surface area contributed by atoms with Crippen LogP contribution in [-0.2, 0) is 10.8 Å². The molecule has 2 spiro atoms. The van der Waals surface area contributed by atoms with E-state index in [1.165, 1.54) is 77.5 Å². The van der Waals surface area contributed by atoms with E-state index in [1.807, 2.05) is 0 Å². The summed E-state index contributed by atoms with van der Waals surface area (Å²) in [5.41, 5.74) is 16.7. The molecule has 296 valence electrons. The van der Waals surface area contributed by atoms with Crippen LogP contribution in [0.1, 0.15) is 44.5 Å². The lowest BCUT2D eigenvalue weighted by molar-refractivity contribution is 0.633. The molecule has 0 atom stereocenters. The van der Waals surface area contributed by atoms with Crippen LogP contribution in [-0.4, -0.2) is 15.0 Å². The summed E-state index contributed by atoms with van der Waals surface area (Å²) in [5.74, 6) is 1.93. The molecule has 0 radical (unpaired) electrons. The first-order valence-electron chi connectivity index (χ1n) is 22.1. The molecule has 11 aromatic rings. The Morgan fingerprint density at radius 2 is 0.578 bits per heavy atom. The molecular formula is C61H37N3. The molecule has 0 amide bonds. The minimum absolute atomic E-state index is 0.623. The molecule has 0 fully saturated rings. The summed E-state index contributed by atoms with van der Waals surface area (Å²) in [7, 11) is 0. The van der Waals surface area contributed by atoms with Gasteiger partial charge in [-0.15, -0.1) is 0 Å². The Kier molecular flexibility index (Phi) is 7.25. The highest BCUT2D eigenvalue weighted by atomic mass is 15.0. The van der Waals surface area contributed by atoms with E-state index in [-0.39, 0.29) is 0 Å². The minimum Gasteiger partial charge on any atom is -0.208 e. The number of rotatable bonds is 3. The van der Waals surface area contributed by atoms with Crippen molar-refractivity contribution in [2.45, 2.75) is 10.8 Å². The molecule has 0 saturated heterocycles. The van der Waals surface area contributed by atoms with Gasteiger partial charge in [-0.1, -0.05) is 212 Å². The van der Waals surface area contributed by atoms with Gasteiger partial charge >= 0.3 is 0 Å². The third-order valence-corrected chi connectivity index (χ3v) is 14.4. The molecule has 1 aromatic heterocycles. The normalized spacial score (nSPS) is 14.2. The molecule has 64 heavy (non-hydrogen) atoms. The lowest BCUT2D eigenvalue weighted by Gasteiger charge is -2.49. The van der Waals surface area contributed by atoms with E-state index in [9.17, 15) is 0 Å². The summed E-state index contributed by atoms with van der Waals surface area (Å²) in [4.78, 5) is 16.5. The molecular weight excluding hydrogens is 775 g/mol. The van der Waals surface area contributed by atoms with Crippen LogP contribution in [0.2, 0.25) is 0 Å². The van der Waals surface area contributed by atoms with Gasteiger partial charge in [-0.25, -0.2) is 15.0 Å². The van der Waals surface area contributed by atoms with Crippen molar-refractivity contribution in [2.24, 2.45) is 0 Å². The smallest absolute Gasteiger partial charge is 0.164 e. The maximum atomic E-state index is 5.58. The highest BCUT2D eigenvalue weighted by molar-refractivity contribution is 5.96. The average Bonchev–Trinajstić information content (AvgIpc) is 3.83. The lowest BCUT2D eigenvalue weighted by atomic mass is 9.51. The van der Waals surface area contributed by atoms with Crippen LogP contribution >= 0.6 is 0 Å². The van der Waals surface area contributed by atoms with E-state index in [2.05, 4.69) is 224 Å². The fourth-order valence-corrected chi connectivity index (χ4v) is 11.9. The fraction of sp³-hybridized carbons (Fsp3) is 0.0328. The fourth-order valence-electron chi connectivity index (χ4n) is 11.9. The Morgan fingerprint density at radius 1 is 0.234 bits per heavy atom. The average molecular weight is 812 g/mol. The van der Waals surface area contributed by atoms with Crippen LogP contribution in [0, 0.1) is 0 Å². The summed E-state index contributed by atoms with van der Waals surface area (Å²) < 4.78 is 0. The van der Waals surface area contributed by atoms with Crippen molar-refractivity contribution >= 4 is 21.5 Å². The Bertz CT molecular complexity index is 3580. The molecule has 14 rings (SSSR count). The highest BCUT2D eigenvalue weighted by Gasteiger charge is 2.59. The van der Waals surface area contributed by atoms with Crippen LogP contribution in [0.25, 0.3) is 78.0 Å². The Morgan fingerprint density at radius 3 is 1.06 bits per heavy atom. The predicted octanol–water partition coefficient (Wildman–Crippen LogP) is 14.2. The van der Waals surface area contributed by atoms with Crippen molar-refractivity contribution in [3.05, 3.63) is 269 Å². The third kappa shape index (κ3) is 4.57. The first-order chi connectivity index (χ1) is 31.7. The van der Waals surface area contributed by atoms with Crippen molar-refractivity contribution < 1.29 is 0 Å². The van der Waals surface area contributed by atoms with Crippen molar-refractivity contribution in [1.82, 2.24) is 15.0 Å². The van der Waals surface area contributed by atoms with E-state index < -0.39 is 10.8 Å². The number of hydrogen-bond acceptors (Lipinski definition) is 3. The van der Waals surface area contributed by atoms with E-state index in [1.54, 1.807) is 0 Å². The maximum absolute atomic E-state index is 5.58. The molecule has 10 aromatic carbocycles. The van der Waals surface area contributed by atoms with Gasteiger partial charge in [0.25, 0.3) is 0 Å². The van der Waals surface area contributed by atoms with Gasteiger partial charge in [0.2, 0.25) is 0 Å². The van der Waals surface area contributed by atoms with Gasteiger partial charge in [-0.3, -0.25) is 0 Å². The Balaban J connectivity index is 1.15.